The van der Waals surface area contributed by atoms with E-state index >= 15 is 0 Å². The molecule has 0 amide bonds. The first-order valence-corrected chi connectivity index (χ1v) is 6.38. The average Bonchev–Trinajstić information content (AvgIpc) is 2.48. The summed E-state index contributed by atoms with van der Waals surface area (Å²) < 4.78 is 9.95. The zero-order chi connectivity index (χ0) is 13.7. The van der Waals surface area contributed by atoms with E-state index in [0.29, 0.717) is 11.9 Å². The van der Waals surface area contributed by atoms with Gasteiger partial charge in [-0.3, -0.25) is 4.79 Å². The topological polar surface area (TPSA) is 64.5 Å². The molecule has 1 aromatic heterocycles. The molecule has 0 N–H and O–H groups in total. The summed E-state index contributed by atoms with van der Waals surface area (Å²) in [6.45, 7) is 1.75. The van der Waals surface area contributed by atoms with Crippen LogP contribution in [0.4, 0.5) is 5.95 Å². The van der Waals surface area contributed by atoms with Crippen LogP contribution in [0.1, 0.15) is 24.3 Å². The van der Waals surface area contributed by atoms with Crippen LogP contribution in [0, 0.1) is 0 Å². The number of ether oxygens (including phenoxy) is 2. The van der Waals surface area contributed by atoms with Gasteiger partial charge in [-0.1, -0.05) is 0 Å². The Morgan fingerprint density at radius 3 is 2.63 bits per heavy atom. The van der Waals surface area contributed by atoms with Crippen LogP contribution in [0.25, 0.3) is 0 Å². The minimum absolute atomic E-state index is 0.146. The van der Waals surface area contributed by atoms with Crippen molar-refractivity contribution in [2.45, 2.75) is 18.8 Å². The van der Waals surface area contributed by atoms with E-state index in [-0.39, 0.29) is 12.5 Å². The Morgan fingerprint density at radius 1 is 1.42 bits per heavy atom. The number of nitrogens with zero attached hydrogens (tertiary/aromatic N) is 3. The van der Waals surface area contributed by atoms with E-state index in [1.165, 1.54) is 7.11 Å². The van der Waals surface area contributed by atoms with E-state index in [4.69, 9.17) is 4.74 Å². The number of hydrogen-bond donors (Lipinski definition) is 0. The van der Waals surface area contributed by atoms with Crippen LogP contribution in [-0.2, 0) is 14.3 Å². The molecular weight excluding hydrogens is 246 g/mol. The lowest BCUT2D eigenvalue weighted by Crippen LogP contribution is -2.28. The molecule has 2 rings (SSSR count). The predicted octanol–water partition coefficient (Wildman–Crippen LogP) is 0.980. The van der Waals surface area contributed by atoms with Gasteiger partial charge in [0.05, 0.1) is 7.11 Å². The second-order valence-electron chi connectivity index (χ2n) is 4.64. The van der Waals surface area contributed by atoms with E-state index in [9.17, 15) is 4.79 Å². The standard InChI is InChI=1S/C13H19N3O3/c1-16(9-12(17)18-2)13-14-7-11(8-15-13)10-3-5-19-6-4-10/h7-8,10H,3-6,9H2,1-2H3. The summed E-state index contributed by atoms with van der Waals surface area (Å²) in [6, 6.07) is 0. The largest absolute Gasteiger partial charge is 0.468 e. The molecule has 1 aromatic rings. The highest BCUT2D eigenvalue weighted by Gasteiger charge is 2.17. The van der Waals surface area contributed by atoms with Crippen molar-refractivity contribution in [1.82, 2.24) is 9.97 Å². The van der Waals surface area contributed by atoms with Gasteiger partial charge in [0, 0.05) is 32.7 Å². The molecule has 19 heavy (non-hydrogen) atoms. The molecule has 6 nitrogen and oxygen atoms in total. The second kappa shape index (κ2) is 6.47. The van der Waals surface area contributed by atoms with Crippen LogP contribution in [0.5, 0.6) is 0 Å². The van der Waals surface area contributed by atoms with Gasteiger partial charge in [-0.2, -0.15) is 0 Å². The third kappa shape index (κ3) is 3.64. The summed E-state index contributed by atoms with van der Waals surface area (Å²) in [7, 11) is 3.13. The van der Waals surface area contributed by atoms with Gasteiger partial charge in [0.2, 0.25) is 5.95 Å². The number of likely N-dealkylation sites (N-methyl/N-ethyl adjacent to an activating group) is 1. The van der Waals surface area contributed by atoms with Gasteiger partial charge in [-0.25, -0.2) is 9.97 Å². The van der Waals surface area contributed by atoms with Crippen LogP contribution in [0.15, 0.2) is 12.4 Å². The summed E-state index contributed by atoms with van der Waals surface area (Å²) in [5.74, 6) is 0.703. The maximum atomic E-state index is 11.2. The molecule has 2 heterocycles. The first-order valence-electron chi connectivity index (χ1n) is 6.38. The third-order valence-corrected chi connectivity index (χ3v) is 3.29. The highest BCUT2D eigenvalue weighted by molar-refractivity contribution is 5.74. The van der Waals surface area contributed by atoms with Crippen molar-refractivity contribution in [3.05, 3.63) is 18.0 Å². The van der Waals surface area contributed by atoms with Crippen molar-refractivity contribution in [3.8, 4) is 0 Å². The zero-order valence-corrected chi connectivity index (χ0v) is 11.3. The third-order valence-electron chi connectivity index (χ3n) is 3.29. The van der Waals surface area contributed by atoms with Gasteiger partial charge in [0.15, 0.2) is 0 Å². The van der Waals surface area contributed by atoms with Gasteiger partial charge in [-0.05, 0) is 24.3 Å². The van der Waals surface area contributed by atoms with Crippen molar-refractivity contribution in [2.75, 3.05) is 38.8 Å². The lowest BCUT2D eigenvalue weighted by atomic mass is 9.94. The molecule has 0 radical (unpaired) electrons. The van der Waals surface area contributed by atoms with Crippen molar-refractivity contribution < 1.29 is 14.3 Å². The van der Waals surface area contributed by atoms with Gasteiger partial charge >= 0.3 is 5.97 Å². The van der Waals surface area contributed by atoms with Gasteiger partial charge in [0.1, 0.15) is 6.54 Å². The van der Waals surface area contributed by atoms with E-state index in [1.807, 2.05) is 12.4 Å². The molecular formula is C13H19N3O3. The molecule has 0 aromatic carbocycles. The average molecular weight is 265 g/mol. The monoisotopic (exact) mass is 265 g/mol. The summed E-state index contributed by atoms with van der Waals surface area (Å²) >= 11 is 0. The quantitative estimate of drug-likeness (QED) is 0.756. The predicted molar refractivity (Wildman–Crippen MR) is 70.1 cm³/mol. The van der Waals surface area contributed by atoms with Crippen molar-refractivity contribution in [2.24, 2.45) is 0 Å². The SMILES string of the molecule is COC(=O)CN(C)c1ncc(C2CCOCC2)cn1. The number of hydrogen-bond acceptors (Lipinski definition) is 6. The van der Waals surface area contributed by atoms with E-state index in [2.05, 4.69) is 14.7 Å². The normalized spacial score (nSPS) is 16.1. The number of esters is 1. The summed E-state index contributed by atoms with van der Waals surface area (Å²) in [6.07, 6.45) is 5.71. The maximum Gasteiger partial charge on any atom is 0.325 e. The Balaban J connectivity index is 1.99. The van der Waals surface area contributed by atoms with Crippen LogP contribution in [-0.4, -0.2) is 49.9 Å². The molecule has 1 aliphatic heterocycles. The summed E-state index contributed by atoms with van der Waals surface area (Å²) in [5.41, 5.74) is 1.14. The molecule has 0 saturated carbocycles. The number of carbonyl (C=O) groups is 1. The highest BCUT2D eigenvalue weighted by Crippen LogP contribution is 2.26. The molecule has 0 unspecified atom stereocenters. The fourth-order valence-electron chi connectivity index (χ4n) is 2.10. The van der Waals surface area contributed by atoms with Gasteiger partial charge in [-0.15, -0.1) is 0 Å². The second-order valence-corrected chi connectivity index (χ2v) is 4.64. The molecule has 1 fully saturated rings. The van der Waals surface area contributed by atoms with Crippen molar-refractivity contribution >= 4 is 11.9 Å². The summed E-state index contributed by atoms with van der Waals surface area (Å²) in [4.78, 5) is 21.5. The molecule has 0 aliphatic carbocycles. The Bertz CT molecular complexity index is 416. The number of rotatable bonds is 4. The molecule has 0 bridgehead atoms. The maximum absolute atomic E-state index is 11.2. The van der Waals surface area contributed by atoms with E-state index < -0.39 is 0 Å². The number of anilines is 1. The van der Waals surface area contributed by atoms with Crippen LogP contribution in [0.2, 0.25) is 0 Å². The molecule has 1 saturated heterocycles. The Morgan fingerprint density at radius 2 is 2.05 bits per heavy atom. The van der Waals surface area contributed by atoms with Crippen molar-refractivity contribution in [1.29, 1.82) is 0 Å². The fourth-order valence-corrected chi connectivity index (χ4v) is 2.10. The van der Waals surface area contributed by atoms with Gasteiger partial charge < -0.3 is 14.4 Å². The lowest BCUT2D eigenvalue weighted by molar-refractivity contribution is -0.138. The fraction of sp³-hybridized carbons (Fsp3) is 0.615. The van der Waals surface area contributed by atoms with E-state index in [0.717, 1.165) is 31.6 Å². The van der Waals surface area contributed by atoms with Crippen LogP contribution >= 0.6 is 0 Å². The minimum atomic E-state index is -0.306. The Hall–Kier alpha value is -1.69. The number of methoxy groups -OCH3 is 1. The minimum Gasteiger partial charge on any atom is -0.468 e. The zero-order valence-electron chi connectivity index (χ0n) is 11.3. The number of aromatic nitrogens is 2. The molecule has 1 aliphatic rings. The van der Waals surface area contributed by atoms with Crippen molar-refractivity contribution in [3.63, 3.8) is 0 Å². The Kier molecular flexibility index (Phi) is 4.68. The summed E-state index contributed by atoms with van der Waals surface area (Å²) in [5, 5.41) is 0. The molecule has 0 atom stereocenters. The number of carbonyl (C=O) groups excluding carboxylic acids is 1. The highest BCUT2D eigenvalue weighted by atomic mass is 16.5. The smallest absolute Gasteiger partial charge is 0.325 e. The molecule has 0 spiro atoms. The van der Waals surface area contributed by atoms with Crippen LogP contribution in [0.3, 0.4) is 0 Å². The van der Waals surface area contributed by atoms with Crippen LogP contribution < -0.4 is 4.90 Å². The molecule has 6 heteroatoms. The van der Waals surface area contributed by atoms with E-state index in [1.54, 1.807) is 11.9 Å². The van der Waals surface area contributed by atoms with Gasteiger partial charge in [0.25, 0.3) is 0 Å². The lowest BCUT2D eigenvalue weighted by Gasteiger charge is -2.22. The first-order chi connectivity index (χ1) is 9.20. The Labute approximate surface area is 112 Å². The molecule has 104 valence electrons. The first kappa shape index (κ1) is 13.7.